The minimum Gasteiger partial charge on any atom is -0.393 e. The van der Waals surface area contributed by atoms with Crippen molar-refractivity contribution in [1.82, 2.24) is 20.4 Å². The Morgan fingerprint density at radius 1 is 1.43 bits per heavy atom. The molecule has 0 aliphatic rings. The maximum Gasteiger partial charge on any atom is 0.317 e. The van der Waals surface area contributed by atoms with Crippen molar-refractivity contribution < 1.29 is 14.4 Å². The van der Waals surface area contributed by atoms with Crippen LogP contribution in [0.25, 0.3) is 11.4 Å². The summed E-state index contributed by atoms with van der Waals surface area (Å²) < 4.78 is 5.11. The molecule has 7 nitrogen and oxygen atoms in total. The number of carbonyl (C=O) groups is 1. The van der Waals surface area contributed by atoms with Crippen LogP contribution in [0.5, 0.6) is 0 Å². The van der Waals surface area contributed by atoms with Crippen molar-refractivity contribution in [3.05, 3.63) is 35.2 Å². The van der Waals surface area contributed by atoms with Gasteiger partial charge in [0, 0.05) is 24.2 Å². The summed E-state index contributed by atoms with van der Waals surface area (Å²) in [6.07, 6.45) is 0.0775. The molecule has 23 heavy (non-hydrogen) atoms. The highest BCUT2D eigenvalue weighted by atomic mass is 35.5. The van der Waals surface area contributed by atoms with Gasteiger partial charge in [-0.2, -0.15) is 4.98 Å². The normalized spacial score (nSPS) is 12.0. The minimum atomic E-state index is -0.442. The fraction of sp³-hybridized carbons (Fsp3) is 0.400. The molecule has 0 saturated heterocycles. The molecule has 1 atom stereocenters. The van der Waals surface area contributed by atoms with Crippen LogP contribution in [0.4, 0.5) is 4.79 Å². The smallest absolute Gasteiger partial charge is 0.317 e. The summed E-state index contributed by atoms with van der Waals surface area (Å²) in [6, 6.07) is 6.80. The summed E-state index contributed by atoms with van der Waals surface area (Å²) >= 11 is 5.83. The van der Waals surface area contributed by atoms with Crippen LogP contribution in [-0.2, 0) is 6.54 Å². The summed E-state index contributed by atoms with van der Waals surface area (Å²) in [5, 5.41) is 16.4. The molecular formula is C15H19ClN4O3. The molecule has 1 heterocycles. The van der Waals surface area contributed by atoms with Gasteiger partial charge in [-0.1, -0.05) is 16.8 Å². The van der Waals surface area contributed by atoms with E-state index in [4.69, 9.17) is 16.1 Å². The summed E-state index contributed by atoms with van der Waals surface area (Å²) in [7, 11) is 1.66. The van der Waals surface area contributed by atoms with E-state index in [-0.39, 0.29) is 12.6 Å². The average Bonchev–Trinajstić information content (AvgIpc) is 2.99. The third-order valence-corrected chi connectivity index (χ3v) is 3.44. The van der Waals surface area contributed by atoms with Crippen LogP contribution in [0, 0.1) is 0 Å². The van der Waals surface area contributed by atoms with Gasteiger partial charge in [0.05, 0.1) is 12.6 Å². The second-order valence-corrected chi connectivity index (χ2v) is 5.67. The number of aliphatic hydroxyl groups is 1. The van der Waals surface area contributed by atoms with E-state index >= 15 is 0 Å². The zero-order valence-electron chi connectivity index (χ0n) is 13.0. The lowest BCUT2D eigenvalue weighted by atomic mass is 10.2. The molecule has 0 aliphatic heterocycles. The molecule has 1 aromatic carbocycles. The number of hydrogen-bond acceptors (Lipinski definition) is 5. The number of aliphatic hydroxyl groups excluding tert-OH is 1. The monoisotopic (exact) mass is 338 g/mol. The van der Waals surface area contributed by atoms with Gasteiger partial charge in [0.15, 0.2) is 0 Å². The molecule has 0 aliphatic carbocycles. The molecule has 0 saturated carbocycles. The van der Waals surface area contributed by atoms with Crippen molar-refractivity contribution in [2.75, 3.05) is 13.6 Å². The molecule has 2 N–H and O–H groups in total. The van der Waals surface area contributed by atoms with E-state index < -0.39 is 6.10 Å². The van der Waals surface area contributed by atoms with E-state index in [0.29, 0.717) is 29.7 Å². The number of nitrogens with zero attached hydrogens (tertiary/aromatic N) is 3. The van der Waals surface area contributed by atoms with Crippen LogP contribution >= 0.6 is 11.6 Å². The van der Waals surface area contributed by atoms with Crippen molar-refractivity contribution in [2.24, 2.45) is 0 Å². The van der Waals surface area contributed by atoms with E-state index in [9.17, 15) is 9.90 Å². The van der Waals surface area contributed by atoms with Crippen molar-refractivity contribution >= 4 is 17.6 Å². The quantitative estimate of drug-likeness (QED) is 0.843. The van der Waals surface area contributed by atoms with Crippen molar-refractivity contribution in [2.45, 2.75) is 26.0 Å². The molecule has 1 unspecified atom stereocenters. The molecular weight excluding hydrogens is 320 g/mol. The molecule has 0 radical (unpaired) electrons. The first kappa shape index (κ1) is 17.2. The van der Waals surface area contributed by atoms with Gasteiger partial charge in [-0.05, 0) is 37.6 Å². The SMILES string of the molecule is CC(O)CCN(C)C(=O)NCc1nc(-c2ccc(Cl)cc2)no1. The highest BCUT2D eigenvalue weighted by Gasteiger charge is 2.12. The molecule has 8 heteroatoms. The molecule has 2 amide bonds. The summed E-state index contributed by atoms with van der Waals surface area (Å²) in [4.78, 5) is 17.6. The van der Waals surface area contributed by atoms with Gasteiger partial charge < -0.3 is 19.8 Å². The second-order valence-electron chi connectivity index (χ2n) is 5.24. The third kappa shape index (κ3) is 5.22. The van der Waals surface area contributed by atoms with E-state index in [2.05, 4.69) is 15.5 Å². The molecule has 0 bridgehead atoms. The number of amides is 2. The minimum absolute atomic E-state index is 0.137. The Bertz CT molecular complexity index is 642. The molecule has 124 valence electrons. The topological polar surface area (TPSA) is 91.5 Å². The fourth-order valence-corrected chi connectivity index (χ4v) is 1.94. The number of rotatable bonds is 6. The summed E-state index contributed by atoms with van der Waals surface area (Å²) in [5.41, 5.74) is 0.782. The van der Waals surface area contributed by atoms with Crippen LogP contribution < -0.4 is 5.32 Å². The molecule has 0 fully saturated rings. The lowest BCUT2D eigenvalue weighted by molar-refractivity contribution is 0.163. The first-order valence-corrected chi connectivity index (χ1v) is 7.59. The Kier molecular flexibility index (Phi) is 5.95. The van der Waals surface area contributed by atoms with Gasteiger partial charge in [0.2, 0.25) is 11.7 Å². The van der Waals surface area contributed by atoms with Gasteiger partial charge in [-0.3, -0.25) is 0 Å². The molecule has 0 spiro atoms. The first-order chi connectivity index (χ1) is 11.0. The highest BCUT2D eigenvalue weighted by molar-refractivity contribution is 6.30. The van der Waals surface area contributed by atoms with Gasteiger partial charge in [0.25, 0.3) is 0 Å². The number of aromatic nitrogens is 2. The largest absolute Gasteiger partial charge is 0.393 e. The number of nitrogens with one attached hydrogen (secondary N) is 1. The standard InChI is InChI=1S/C15H19ClN4O3/c1-10(21)7-8-20(2)15(22)17-9-13-18-14(19-23-13)11-3-5-12(16)6-4-11/h3-6,10,21H,7-9H2,1-2H3,(H,17,22). The Morgan fingerprint density at radius 2 is 2.13 bits per heavy atom. The number of hydrogen-bond donors (Lipinski definition) is 2. The van der Waals surface area contributed by atoms with E-state index in [1.54, 1.807) is 38.2 Å². The molecule has 2 aromatic rings. The Balaban J connectivity index is 1.87. The second kappa shape index (κ2) is 7.94. The highest BCUT2D eigenvalue weighted by Crippen LogP contribution is 2.18. The third-order valence-electron chi connectivity index (χ3n) is 3.19. The van der Waals surface area contributed by atoms with Crippen molar-refractivity contribution in [3.8, 4) is 11.4 Å². The van der Waals surface area contributed by atoms with E-state index in [0.717, 1.165) is 5.56 Å². The zero-order chi connectivity index (χ0) is 16.8. The van der Waals surface area contributed by atoms with Crippen LogP contribution in [0.15, 0.2) is 28.8 Å². The first-order valence-electron chi connectivity index (χ1n) is 7.21. The number of urea groups is 1. The van der Waals surface area contributed by atoms with Crippen molar-refractivity contribution in [1.29, 1.82) is 0 Å². The number of halogens is 1. The summed E-state index contributed by atoms with van der Waals surface area (Å²) in [6.45, 7) is 2.28. The number of benzene rings is 1. The fourth-order valence-electron chi connectivity index (χ4n) is 1.81. The maximum absolute atomic E-state index is 11.9. The maximum atomic E-state index is 11.9. The molecule has 1 aromatic heterocycles. The Labute approximate surface area is 139 Å². The van der Waals surface area contributed by atoms with E-state index in [1.807, 2.05) is 0 Å². The predicted molar refractivity (Wildman–Crippen MR) is 85.9 cm³/mol. The van der Waals surface area contributed by atoms with Crippen LogP contribution in [-0.4, -0.2) is 45.9 Å². The number of carbonyl (C=O) groups excluding carboxylic acids is 1. The van der Waals surface area contributed by atoms with Gasteiger partial charge in [0.1, 0.15) is 0 Å². The predicted octanol–water partition coefficient (Wildman–Crippen LogP) is 2.30. The Morgan fingerprint density at radius 3 is 2.78 bits per heavy atom. The van der Waals surface area contributed by atoms with E-state index in [1.165, 1.54) is 4.90 Å². The van der Waals surface area contributed by atoms with Gasteiger partial charge in [-0.15, -0.1) is 0 Å². The lowest BCUT2D eigenvalue weighted by Crippen LogP contribution is -2.38. The lowest BCUT2D eigenvalue weighted by Gasteiger charge is -2.17. The van der Waals surface area contributed by atoms with Crippen molar-refractivity contribution in [3.63, 3.8) is 0 Å². The Hall–Kier alpha value is -2.12. The van der Waals surface area contributed by atoms with Gasteiger partial charge in [-0.25, -0.2) is 4.79 Å². The summed E-state index contributed by atoms with van der Waals surface area (Å²) in [5.74, 6) is 0.751. The molecule has 2 rings (SSSR count). The van der Waals surface area contributed by atoms with Crippen LogP contribution in [0.2, 0.25) is 5.02 Å². The van der Waals surface area contributed by atoms with Crippen LogP contribution in [0.1, 0.15) is 19.2 Å². The van der Waals surface area contributed by atoms with Gasteiger partial charge >= 0.3 is 6.03 Å². The zero-order valence-corrected chi connectivity index (χ0v) is 13.7. The average molecular weight is 339 g/mol. The van der Waals surface area contributed by atoms with Crippen LogP contribution in [0.3, 0.4) is 0 Å².